The minimum Gasteiger partial charge on any atom is -0.392 e. The Morgan fingerprint density at radius 2 is 2.23 bits per heavy atom. The lowest BCUT2D eigenvalue weighted by molar-refractivity contribution is -0.199. The maximum atomic E-state index is 10.3. The maximum Gasteiger partial charge on any atom is 0.140 e. The molecule has 0 bridgehead atoms. The van der Waals surface area contributed by atoms with Gasteiger partial charge in [-0.1, -0.05) is 0 Å². The molecule has 1 spiro atoms. The minimum atomic E-state index is -0.210. The number of aliphatic hydroxyl groups excluding tert-OH is 1. The highest BCUT2D eigenvalue weighted by Crippen LogP contribution is 2.51. The molecule has 1 aliphatic heterocycles. The molecule has 118 valence electrons. The zero-order chi connectivity index (χ0) is 15.2. The van der Waals surface area contributed by atoms with E-state index in [0.717, 1.165) is 55.0 Å². The summed E-state index contributed by atoms with van der Waals surface area (Å²) in [5.41, 5.74) is -0.0344. The molecule has 2 aromatic heterocycles. The molecule has 1 saturated carbocycles. The molecule has 3 heterocycles. The van der Waals surface area contributed by atoms with Crippen molar-refractivity contribution in [2.24, 2.45) is 5.41 Å². The van der Waals surface area contributed by atoms with Crippen molar-refractivity contribution in [3.63, 3.8) is 0 Å². The van der Waals surface area contributed by atoms with Gasteiger partial charge in [-0.3, -0.25) is 0 Å². The summed E-state index contributed by atoms with van der Waals surface area (Å²) in [5.74, 6) is 1.03. The number of ether oxygens (including phenoxy) is 1. The number of anilines is 1. The van der Waals surface area contributed by atoms with Crippen molar-refractivity contribution < 1.29 is 9.84 Å². The van der Waals surface area contributed by atoms with Crippen LogP contribution in [0.1, 0.15) is 26.2 Å². The molecule has 22 heavy (non-hydrogen) atoms. The lowest BCUT2D eigenvalue weighted by Gasteiger charge is -2.56. The van der Waals surface area contributed by atoms with E-state index in [-0.39, 0.29) is 17.6 Å². The molecule has 1 saturated heterocycles. The van der Waals surface area contributed by atoms with Crippen molar-refractivity contribution in [2.75, 3.05) is 24.6 Å². The van der Waals surface area contributed by atoms with Crippen LogP contribution in [0.15, 0.2) is 17.8 Å². The van der Waals surface area contributed by atoms with E-state index < -0.39 is 0 Å². The number of aliphatic hydroxyl groups is 1. The van der Waals surface area contributed by atoms with E-state index in [2.05, 4.69) is 26.3 Å². The molecule has 2 atom stereocenters. The van der Waals surface area contributed by atoms with Crippen LogP contribution in [-0.2, 0) is 4.74 Å². The fraction of sp³-hybridized carbons (Fsp3) is 0.625. The van der Waals surface area contributed by atoms with Gasteiger partial charge in [0.2, 0.25) is 0 Å². The summed E-state index contributed by atoms with van der Waals surface area (Å²) >= 11 is 1.65. The fourth-order valence-electron chi connectivity index (χ4n) is 3.98. The molecule has 6 heteroatoms. The van der Waals surface area contributed by atoms with Crippen LogP contribution in [0, 0.1) is 5.41 Å². The van der Waals surface area contributed by atoms with Crippen molar-refractivity contribution in [3.8, 4) is 0 Å². The number of rotatable bonds is 3. The van der Waals surface area contributed by atoms with Crippen LogP contribution >= 0.6 is 11.3 Å². The highest BCUT2D eigenvalue weighted by Gasteiger charge is 2.56. The first kappa shape index (κ1) is 14.4. The van der Waals surface area contributed by atoms with Gasteiger partial charge in [-0.05, 0) is 31.2 Å². The van der Waals surface area contributed by atoms with Gasteiger partial charge in [-0.2, -0.15) is 0 Å². The first-order valence-corrected chi connectivity index (χ1v) is 8.85. The lowest BCUT2D eigenvalue weighted by Crippen LogP contribution is -2.62. The van der Waals surface area contributed by atoms with Crippen LogP contribution in [0.4, 0.5) is 5.82 Å². The summed E-state index contributed by atoms with van der Waals surface area (Å²) in [6, 6.07) is 2.10. The summed E-state index contributed by atoms with van der Waals surface area (Å²) in [6.45, 7) is 4.59. The van der Waals surface area contributed by atoms with Gasteiger partial charge in [-0.25, -0.2) is 9.97 Å². The van der Waals surface area contributed by atoms with Crippen LogP contribution in [0.2, 0.25) is 0 Å². The number of nitrogens with zero attached hydrogens (tertiary/aromatic N) is 3. The summed E-state index contributed by atoms with van der Waals surface area (Å²) in [4.78, 5) is 12.2. The third-order valence-electron chi connectivity index (χ3n) is 5.34. The molecule has 2 aromatic rings. The van der Waals surface area contributed by atoms with Crippen LogP contribution in [0.3, 0.4) is 0 Å². The van der Waals surface area contributed by atoms with Crippen molar-refractivity contribution in [3.05, 3.63) is 17.8 Å². The van der Waals surface area contributed by atoms with Gasteiger partial charge in [0.15, 0.2) is 0 Å². The third-order valence-corrected chi connectivity index (χ3v) is 6.17. The molecule has 0 amide bonds. The van der Waals surface area contributed by atoms with E-state index >= 15 is 0 Å². The van der Waals surface area contributed by atoms with Gasteiger partial charge in [0, 0.05) is 31.5 Å². The quantitative estimate of drug-likeness (QED) is 0.942. The molecule has 4 rings (SSSR count). The van der Waals surface area contributed by atoms with E-state index in [1.807, 2.05) is 6.92 Å². The van der Waals surface area contributed by atoms with Gasteiger partial charge in [0.25, 0.3) is 0 Å². The van der Waals surface area contributed by atoms with E-state index in [0.29, 0.717) is 0 Å². The molecule has 5 nitrogen and oxygen atoms in total. The Labute approximate surface area is 133 Å². The van der Waals surface area contributed by atoms with Crippen molar-refractivity contribution in [1.82, 2.24) is 9.97 Å². The third kappa shape index (κ3) is 2.05. The monoisotopic (exact) mass is 319 g/mol. The number of hydrogen-bond donors (Lipinski definition) is 1. The highest BCUT2D eigenvalue weighted by molar-refractivity contribution is 7.16. The first-order chi connectivity index (χ1) is 10.7. The SMILES string of the molecule is CCO[C@H]1C[C@H](O)C12CCN(c1ncnc3sccc13)CC2. The summed E-state index contributed by atoms with van der Waals surface area (Å²) in [7, 11) is 0. The summed E-state index contributed by atoms with van der Waals surface area (Å²) in [6.07, 6.45) is 4.39. The fourth-order valence-corrected chi connectivity index (χ4v) is 4.71. The molecular formula is C16H21N3O2S. The Bertz CT molecular complexity index is 664. The Morgan fingerprint density at radius 1 is 1.41 bits per heavy atom. The second kappa shape index (κ2) is 5.44. The van der Waals surface area contributed by atoms with Crippen molar-refractivity contribution in [1.29, 1.82) is 0 Å². The minimum absolute atomic E-state index is 0.0344. The Morgan fingerprint density at radius 3 is 2.95 bits per heavy atom. The van der Waals surface area contributed by atoms with E-state index in [4.69, 9.17) is 4.74 Å². The Kier molecular flexibility index (Phi) is 3.55. The number of hydrogen-bond acceptors (Lipinski definition) is 6. The van der Waals surface area contributed by atoms with Crippen molar-refractivity contribution in [2.45, 2.75) is 38.4 Å². The van der Waals surface area contributed by atoms with Crippen LogP contribution in [-0.4, -0.2) is 47.0 Å². The zero-order valence-electron chi connectivity index (χ0n) is 12.7. The van der Waals surface area contributed by atoms with Crippen LogP contribution < -0.4 is 4.90 Å². The number of aromatic nitrogens is 2. The molecular weight excluding hydrogens is 298 g/mol. The number of fused-ring (bicyclic) bond motifs is 1. The van der Waals surface area contributed by atoms with E-state index in [1.54, 1.807) is 17.7 Å². The molecule has 2 aliphatic rings. The predicted octanol–water partition coefficient (Wildman–Crippen LogP) is 2.45. The normalized spacial score (nSPS) is 27.3. The van der Waals surface area contributed by atoms with Gasteiger partial charge in [-0.15, -0.1) is 11.3 Å². The number of thiophene rings is 1. The average molecular weight is 319 g/mol. The first-order valence-electron chi connectivity index (χ1n) is 7.97. The molecule has 0 radical (unpaired) electrons. The smallest absolute Gasteiger partial charge is 0.140 e. The van der Waals surface area contributed by atoms with Gasteiger partial charge in [0.05, 0.1) is 17.6 Å². The van der Waals surface area contributed by atoms with Gasteiger partial charge in [0.1, 0.15) is 17.0 Å². The Balaban J connectivity index is 1.53. The van der Waals surface area contributed by atoms with Crippen LogP contribution in [0.5, 0.6) is 0 Å². The topological polar surface area (TPSA) is 58.5 Å². The van der Waals surface area contributed by atoms with Crippen LogP contribution in [0.25, 0.3) is 10.2 Å². The largest absolute Gasteiger partial charge is 0.392 e. The van der Waals surface area contributed by atoms with E-state index in [9.17, 15) is 5.11 Å². The van der Waals surface area contributed by atoms with Gasteiger partial charge < -0.3 is 14.7 Å². The highest BCUT2D eigenvalue weighted by atomic mass is 32.1. The average Bonchev–Trinajstić information content (AvgIpc) is 3.03. The zero-order valence-corrected chi connectivity index (χ0v) is 13.6. The molecule has 0 aromatic carbocycles. The predicted molar refractivity (Wildman–Crippen MR) is 87.3 cm³/mol. The number of piperidine rings is 1. The maximum absolute atomic E-state index is 10.3. The standard InChI is InChI=1S/C16H21N3O2S/c1-2-21-13-9-12(20)16(13)4-6-19(7-5-16)14-11-3-8-22-15(11)18-10-17-14/h3,8,10,12-13,20H,2,4-7,9H2,1H3/t12-,13-/m0/s1. The van der Waals surface area contributed by atoms with Gasteiger partial charge >= 0.3 is 0 Å². The molecule has 2 fully saturated rings. The Hall–Kier alpha value is -1.24. The molecule has 0 unspecified atom stereocenters. The summed E-state index contributed by atoms with van der Waals surface area (Å²) in [5, 5.41) is 13.5. The summed E-state index contributed by atoms with van der Waals surface area (Å²) < 4.78 is 5.84. The van der Waals surface area contributed by atoms with E-state index in [1.165, 1.54) is 0 Å². The second-order valence-corrected chi connectivity index (χ2v) is 7.15. The van der Waals surface area contributed by atoms with Crippen molar-refractivity contribution >= 4 is 27.4 Å². The molecule has 1 aliphatic carbocycles. The second-order valence-electron chi connectivity index (χ2n) is 6.25. The lowest BCUT2D eigenvalue weighted by atomic mass is 9.58. The molecule has 1 N–H and O–H groups in total.